The van der Waals surface area contributed by atoms with Crippen LogP contribution in [0.3, 0.4) is 0 Å². The van der Waals surface area contributed by atoms with E-state index < -0.39 is 0 Å². The van der Waals surface area contributed by atoms with Crippen molar-refractivity contribution in [2.45, 2.75) is 6.54 Å². The van der Waals surface area contributed by atoms with E-state index in [2.05, 4.69) is 15.0 Å². The van der Waals surface area contributed by atoms with E-state index in [1.54, 1.807) is 4.90 Å². The lowest BCUT2D eigenvalue weighted by molar-refractivity contribution is 0.853. The van der Waals surface area contributed by atoms with Gasteiger partial charge in [-0.25, -0.2) is 0 Å². The Morgan fingerprint density at radius 3 is 2.22 bits per heavy atom. The molecule has 0 saturated heterocycles. The van der Waals surface area contributed by atoms with Crippen molar-refractivity contribution < 1.29 is 0 Å². The van der Waals surface area contributed by atoms with Crippen molar-refractivity contribution in [1.29, 1.82) is 0 Å². The fourth-order valence-electron chi connectivity index (χ4n) is 1.44. The average molecular weight is 304 g/mol. The second-order valence-electron chi connectivity index (χ2n) is 3.62. The molecular formula is C11H9Cl3N4. The summed E-state index contributed by atoms with van der Waals surface area (Å²) in [6.07, 6.45) is 0. The van der Waals surface area contributed by atoms with Gasteiger partial charge in [-0.15, -0.1) is 0 Å². The lowest BCUT2D eigenvalue weighted by Gasteiger charge is -2.17. The van der Waals surface area contributed by atoms with E-state index in [0.717, 1.165) is 5.56 Å². The fraction of sp³-hybridized carbons (Fsp3) is 0.182. The van der Waals surface area contributed by atoms with Crippen molar-refractivity contribution in [3.63, 3.8) is 0 Å². The molecule has 1 heterocycles. The molecule has 0 atom stereocenters. The van der Waals surface area contributed by atoms with Crippen molar-refractivity contribution in [3.8, 4) is 0 Å². The molecule has 0 aliphatic heterocycles. The van der Waals surface area contributed by atoms with Crippen LogP contribution in [0, 0.1) is 0 Å². The number of hydrogen-bond acceptors (Lipinski definition) is 4. The number of halogens is 3. The van der Waals surface area contributed by atoms with Gasteiger partial charge in [-0.1, -0.05) is 29.8 Å². The standard InChI is InChI=1S/C11H9Cl3N4/c1-18(6-7-4-2-3-5-8(7)12)11-16-9(13)15-10(14)17-11/h2-5H,6H2,1H3. The molecule has 18 heavy (non-hydrogen) atoms. The predicted molar refractivity (Wildman–Crippen MR) is 73.4 cm³/mol. The van der Waals surface area contributed by atoms with Gasteiger partial charge in [0.1, 0.15) is 0 Å². The number of nitrogens with zero attached hydrogens (tertiary/aromatic N) is 4. The van der Waals surface area contributed by atoms with E-state index in [1.165, 1.54) is 0 Å². The third-order valence-electron chi connectivity index (χ3n) is 2.28. The number of hydrogen-bond donors (Lipinski definition) is 0. The minimum absolute atomic E-state index is 0.0657. The van der Waals surface area contributed by atoms with Crippen LogP contribution in [0.15, 0.2) is 24.3 Å². The van der Waals surface area contributed by atoms with Crippen LogP contribution in [0.2, 0.25) is 15.6 Å². The molecule has 1 aromatic heterocycles. The molecule has 0 aliphatic carbocycles. The first-order chi connectivity index (χ1) is 8.56. The lowest BCUT2D eigenvalue weighted by atomic mass is 10.2. The molecule has 0 radical (unpaired) electrons. The van der Waals surface area contributed by atoms with Gasteiger partial charge >= 0.3 is 0 Å². The molecule has 4 nitrogen and oxygen atoms in total. The summed E-state index contributed by atoms with van der Waals surface area (Å²) in [6, 6.07) is 7.56. The molecular weight excluding hydrogens is 295 g/mol. The summed E-state index contributed by atoms with van der Waals surface area (Å²) in [5.41, 5.74) is 0.967. The van der Waals surface area contributed by atoms with E-state index in [4.69, 9.17) is 34.8 Å². The highest BCUT2D eigenvalue weighted by molar-refractivity contribution is 6.31. The van der Waals surface area contributed by atoms with E-state index in [-0.39, 0.29) is 10.6 Å². The highest BCUT2D eigenvalue weighted by atomic mass is 35.5. The maximum Gasteiger partial charge on any atom is 0.231 e. The first-order valence-corrected chi connectivity index (χ1v) is 6.21. The van der Waals surface area contributed by atoms with Crippen molar-refractivity contribution in [2.24, 2.45) is 0 Å². The summed E-state index contributed by atoms with van der Waals surface area (Å²) >= 11 is 17.5. The molecule has 0 unspecified atom stereocenters. The largest absolute Gasteiger partial charge is 0.339 e. The summed E-state index contributed by atoms with van der Waals surface area (Å²) in [4.78, 5) is 13.5. The Balaban J connectivity index is 2.22. The van der Waals surface area contributed by atoms with Gasteiger partial charge in [0.15, 0.2) is 0 Å². The Morgan fingerprint density at radius 2 is 1.61 bits per heavy atom. The lowest BCUT2D eigenvalue weighted by Crippen LogP contribution is -2.19. The van der Waals surface area contributed by atoms with Crippen LogP contribution >= 0.6 is 34.8 Å². The van der Waals surface area contributed by atoms with Gasteiger partial charge in [0.2, 0.25) is 16.5 Å². The molecule has 0 spiro atoms. The predicted octanol–water partition coefficient (Wildman–Crippen LogP) is 3.47. The molecule has 7 heteroatoms. The van der Waals surface area contributed by atoms with E-state index in [9.17, 15) is 0 Å². The second kappa shape index (κ2) is 5.69. The zero-order valence-corrected chi connectivity index (χ0v) is 11.7. The van der Waals surface area contributed by atoms with Gasteiger partial charge in [0, 0.05) is 18.6 Å². The summed E-state index contributed by atoms with van der Waals surface area (Å²) in [5.74, 6) is 0.403. The SMILES string of the molecule is CN(Cc1ccccc1Cl)c1nc(Cl)nc(Cl)n1. The fourth-order valence-corrected chi connectivity index (χ4v) is 1.99. The van der Waals surface area contributed by atoms with Crippen molar-refractivity contribution >= 4 is 40.8 Å². The third kappa shape index (κ3) is 3.22. The first kappa shape index (κ1) is 13.3. The molecule has 0 bridgehead atoms. The maximum atomic E-state index is 6.09. The van der Waals surface area contributed by atoms with Crippen LogP contribution in [-0.4, -0.2) is 22.0 Å². The minimum atomic E-state index is 0.0657. The van der Waals surface area contributed by atoms with Gasteiger partial charge in [0.05, 0.1) is 0 Å². The number of aromatic nitrogens is 3. The van der Waals surface area contributed by atoms with Gasteiger partial charge in [0.25, 0.3) is 0 Å². The molecule has 2 rings (SSSR count). The van der Waals surface area contributed by atoms with Crippen LogP contribution < -0.4 is 4.90 Å². The summed E-state index contributed by atoms with van der Waals surface area (Å²) in [7, 11) is 1.82. The molecule has 1 aromatic carbocycles. The monoisotopic (exact) mass is 302 g/mol. The Hall–Kier alpha value is -1.10. The van der Waals surface area contributed by atoms with Crippen LogP contribution in [-0.2, 0) is 6.54 Å². The summed E-state index contributed by atoms with van der Waals surface area (Å²) in [5, 5.41) is 0.822. The van der Waals surface area contributed by atoms with Crippen LogP contribution in [0.1, 0.15) is 5.56 Å². The Bertz CT molecular complexity index is 541. The summed E-state index contributed by atoms with van der Waals surface area (Å²) in [6.45, 7) is 0.552. The zero-order valence-electron chi connectivity index (χ0n) is 9.44. The molecule has 94 valence electrons. The Morgan fingerprint density at radius 1 is 1.00 bits per heavy atom. The van der Waals surface area contributed by atoms with Crippen molar-refractivity contribution in [2.75, 3.05) is 11.9 Å². The topological polar surface area (TPSA) is 41.9 Å². The molecule has 2 aromatic rings. The van der Waals surface area contributed by atoms with E-state index >= 15 is 0 Å². The van der Waals surface area contributed by atoms with Crippen LogP contribution in [0.25, 0.3) is 0 Å². The van der Waals surface area contributed by atoms with E-state index in [0.29, 0.717) is 17.5 Å². The first-order valence-electron chi connectivity index (χ1n) is 5.08. The zero-order chi connectivity index (χ0) is 13.1. The Labute approximate surface area is 120 Å². The molecule has 0 aliphatic rings. The third-order valence-corrected chi connectivity index (χ3v) is 2.98. The molecule has 0 fully saturated rings. The number of benzene rings is 1. The molecule has 0 amide bonds. The highest BCUT2D eigenvalue weighted by Crippen LogP contribution is 2.19. The minimum Gasteiger partial charge on any atom is -0.339 e. The molecule has 0 saturated carbocycles. The highest BCUT2D eigenvalue weighted by Gasteiger charge is 2.10. The van der Waals surface area contributed by atoms with Gasteiger partial charge < -0.3 is 4.90 Å². The van der Waals surface area contributed by atoms with Crippen LogP contribution in [0.5, 0.6) is 0 Å². The maximum absolute atomic E-state index is 6.09. The van der Waals surface area contributed by atoms with Gasteiger partial charge in [-0.2, -0.15) is 15.0 Å². The number of rotatable bonds is 3. The Kier molecular flexibility index (Phi) is 4.22. The van der Waals surface area contributed by atoms with Crippen molar-refractivity contribution in [1.82, 2.24) is 15.0 Å². The van der Waals surface area contributed by atoms with Crippen molar-refractivity contribution in [3.05, 3.63) is 45.4 Å². The average Bonchev–Trinajstić information content (AvgIpc) is 2.31. The van der Waals surface area contributed by atoms with Gasteiger partial charge in [-0.05, 0) is 34.8 Å². The van der Waals surface area contributed by atoms with Gasteiger partial charge in [-0.3, -0.25) is 0 Å². The second-order valence-corrected chi connectivity index (χ2v) is 4.70. The smallest absolute Gasteiger partial charge is 0.231 e. The normalized spacial score (nSPS) is 10.4. The number of anilines is 1. The quantitative estimate of drug-likeness (QED) is 0.870. The molecule has 0 N–H and O–H groups in total. The van der Waals surface area contributed by atoms with E-state index in [1.807, 2.05) is 31.3 Å². The summed E-state index contributed by atoms with van der Waals surface area (Å²) < 4.78 is 0. The van der Waals surface area contributed by atoms with Crippen LogP contribution in [0.4, 0.5) is 5.95 Å².